The second-order valence-corrected chi connectivity index (χ2v) is 29.1. The zero-order valence-electron chi connectivity index (χ0n) is 47.1. The van der Waals surface area contributed by atoms with Gasteiger partial charge in [-0.3, -0.25) is 47.6 Å². The number of ether oxygens (including phenoxy) is 5. The minimum Gasteiger partial charge on any atom is -0.449 e. The van der Waals surface area contributed by atoms with Gasteiger partial charge in [0.05, 0.1) is 52.0 Å². The van der Waals surface area contributed by atoms with Crippen LogP contribution < -0.4 is 11.1 Å². The zero-order valence-corrected chi connectivity index (χ0v) is 52.1. The molecule has 4 saturated heterocycles. The summed E-state index contributed by atoms with van der Waals surface area (Å²) in [5.74, 6) is -0.729. The molecule has 0 saturated carbocycles. The minimum absolute atomic E-state index is 0.00705. The van der Waals surface area contributed by atoms with Gasteiger partial charge in [0.2, 0.25) is 29.9 Å². The average Bonchev–Trinajstić information content (AvgIpc) is 2.09. The molecule has 4 aromatic rings. The maximum atomic E-state index is 16.6. The topological polar surface area (TPSA) is 373 Å². The average molecular weight is 1330 g/mol. The van der Waals surface area contributed by atoms with Crippen LogP contribution in [0.5, 0.6) is 0 Å². The van der Waals surface area contributed by atoms with E-state index in [0.29, 0.717) is 25.3 Å². The molecule has 32 nitrogen and oxygen atoms in total. The Morgan fingerprint density at radius 3 is 2.16 bits per heavy atom. The number of carbonyl (C=O) groups is 6. The highest BCUT2D eigenvalue weighted by Gasteiger charge is 2.55. The zero-order chi connectivity index (χ0) is 62.3. The lowest BCUT2D eigenvalue weighted by atomic mass is 10.1. The van der Waals surface area contributed by atoms with E-state index in [2.05, 4.69) is 35.2 Å². The first kappa shape index (κ1) is 66.9. The van der Waals surface area contributed by atoms with Gasteiger partial charge in [0, 0.05) is 63.5 Å². The number of alkyl halides is 2. The molecule has 8 heterocycles. The van der Waals surface area contributed by atoms with Crippen molar-refractivity contribution in [2.24, 2.45) is 5.92 Å². The molecular formula is C46H64F2N14O18P2S4. The Hall–Kier alpha value is -5.02. The summed E-state index contributed by atoms with van der Waals surface area (Å²) in [6.45, 7) is -3.28. The van der Waals surface area contributed by atoms with Crippen LogP contribution in [0.4, 0.5) is 30.0 Å². The van der Waals surface area contributed by atoms with E-state index in [4.69, 9.17) is 76.2 Å². The van der Waals surface area contributed by atoms with Crippen LogP contribution in [0.1, 0.15) is 58.9 Å². The molecule has 4 aliphatic heterocycles. The number of amides is 6. The first-order valence-electron chi connectivity index (χ1n) is 26.5. The predicted octanol–water partition coefficient (Wildman–Crippen LogP) is 3.13. The van der Waals surface area contributed by atoms with Crippen LogP contribution in [0.25, 0.3) is 22.3 Å². The lowest BCUT2D eigenvalue weighted by molar-refractivity contribution is -0.336. The van der Waals surface area contributed by atoms with Crippen LogP contribution in [0.2, 0.25) is 0 Å². The highest BCUT2D eigenvalue weighted by atomic mass is 33.1. The smallest absolute Gasteiger partial charge is 0.412 e. The highest BCUT2D eigenvalue weighted by Crippen LogP contribution is 2.55. The molecule has 5 N–H and O–H groups in total. The van der Waals surface area contributed by atoms with Crippen LogP contribution in [0, 0.1) is 5.92 Å². The summed E-state index contributed by atoms with van der Waals surface area (Å²) >= 11 is 10.3. The molecule has 6 amide bonds. The van der Waals surface area contributed by atoms with Gasteiger partial charge < -0.3 is 58.4 Å². The molecule has 0 spiro atoms. The number of likely N-dealkylation sites (tertiary alicyclic amines) is 1. The van der Waals surface area contributed by atoms with Gasteiger partial charge in [0.15, 0.2) is 59.3 Å². The van der Waals surface area contributed by atoms with Crippen LogP contribution in [-0.4, -0.2) is 232 Å². The van der Waals surface area contributed by atoms with E-state index in [1.54, 1.807) is 36.7 Å². The monoisotopic (exact) mass is 1330 g/mol. The molecule has 0 radical (unpaired) electrons. The standard InChI is InChI=1S/C46H64F2N14O18P2S4/c1-25-19-29(65)60(40(25)66)13-15-71-14-8-28(64)58(5)11-10-57(4)27(63)7-9-46(2,3)86-85-18-17-73-45(68)59(6)12-16-72-44(67)56-37-33-39(53-22-51-37)62(24-55-33)42-31(48)35-43(76-42)77-80-82(70,84)78-34-26(20-74-81(69,83)79-35)75-41(30(34)47)61-23-54-32-36(49)50-21-52-38(32)61/h21-26,30-31,34-35,41-43H,7-20H2,1-6H3,(H,69,83)(H,70,84)(H2,49,50,52)(H,51,53,56,67)/t25?,26-,30-,31-,34-,35+,41-,42-,43-,81?,82?/m1/s1. The number of imidazole rings is 2. The summed E-state index contributed by atoms with van der Waals surface area (Å²) in [7, 11) is 7.79. The van der Waals surface area contributed by atoms with E-state index in [0.717, 1.165) is 23.5 Å². The minimum atomic E-state index is -4.61. The SMILES string of the molecule is CC1CC(=O)N(CCOCCC(=O)N(C)CCN(C)C(=O)CCC(C)(C)SSCCOC(=O)N(C)CCOC(=O)Nc2ncnc3c2ncn3[C@@H]2O[C@@H]3OOP(O)(=S)O[C@H]4[C@@H](F)[C@H](n5cnc6c(N)ncnc65)O[C@@H]4COP(O)(=S)O[C@H]3[C@H]2F)C1=O. The summed E-state index contributed by atoms with van der Waals surface area (Å²) in [6, 6.07) is 0. The molecule has 86 heavy (non-hydrogen) atoms. The van der Waals surface area contributed by atoms with E-state index < -0.39 is 81.6 Å². The Bertz CT molecular complexity index is 3220. The third kappa shape index (κ3) is 16.8. The van der Waals surface area contributed by atoms with Crippen LogP contribution >= 0.6 is 35.0 Å². The molecule has 0 aliphatic carbocycles. The Balaban J connectivity index is 0.724. The molecule has 474 valence electrons. The normalized spacial score (nSPS) is 27.1. The van der Waals surface area contributed by atoms with Crippen molar-refractivity contribution >= 4 is 128 Å². The van der Waals surface area contributed by atoms with Crippen molar-refractivity contribution in [1.29, 1.82) is 0 Å². The maximum absolute atomic E-state index is 16.6. The van der Waals surface area contributed by atoms with Gasteiger partial charge in [0.25, 0.3) is 0 Å². The second kappa shape index (κ2) is 29.1. The van der Waals surface area contributed by atoms with Gasteiger partial charge in [-0.2, -0.15) is 4.89 Å². The molecule has 4 aliphatic rings. The summed E-state index contributed by atoms with van der Waals surface area (Å²) < 4.78 is 84.2. The first-order valence-corrected chi connectivity index (χ1v) is 34.0. The van der Waals surface area contributed by atoms with Crippen molar-refractivity contribution in [2.45, 2.75) is 101 Å². The summed E-state index contributed by atoms with van der Waals surface area (Å²) in [5.41, 5.74) is 5.95. The summed E-state index contributed by atoms with van der Waals surface area (Å²) in [4.78, 5) is 133. The van der Waals surface area contributed by atoms with Gasteiger partial charge in [-0.15, -0.1) is 4.67 Å². The van der Waals surface area contributed by atoms with Gasteiger partial charge in [-0.25, -0.2) is 48.3 Å². The molecule has 4 aromatic heterocycles. The quantitative estimate of drug-likeness (QED) is 0.0272. The fourth-order valence-corrected chi connectivity index (χ4v) is 13.8. The number of halogens is 2. The van der Waals surface area contributed by atoms with Crippen LogP contribution in [-0.2, 0) is 89.6 Å². The van der Waals surface area contributed by atoms with Crippen LogP contribution in [0.15, 0.2) is 25.3 Å². The largest absolute Gasteiger partial charge is 0.449 e. The third-order valence-corrected chi connectivity index (χ3v) is 19.8. The molecular weight excluding hydrogens is 1260 g/mol. The maximum Gasteiger partial charge on any atom is 0.412 e. The number of nitrogens with two attached hydrogens (primary N) is 1. The van der Waals surface area contributed by atoms with Gasteiger partial charge >= 0.3 is 25.6 Å². The predicted molar refractivity (Wildman–Crippen MR) is 307 cm³/mol. The van der Waals surface area contributed by atoms with E-state index in [9.17, 15) is 38.6 Å². The number of nitrogens with zero attached hydrogens (tertiary/aromatic N) is 12. The van der Waals surface area contributed by atoms with Crippen LogP contribution in [0.3, 0.4) is 0 Å². The second-order valence-electron chi connectivity index (χ2n) is 20.5. The van der Waals surface area contributed by atoms with Crippen molar-refractivity contribution in [1.82, 2.24) is 58.6 Å². The van der Waals surface area contributed by atoms with Gasteiger partial charge in [-0.05, 0) is 43.9 Å². The Labute approximate surface area is 507 Å². The molecule has 8 rings (SSSR count). The van der Waals surface area contributed by atoms with Crippen molar-refractivity contribution in [2.75, 3.05) is 97.2 Å². The van der Waals surface area contributed by atoms with Crippen molar-refractivity contribution in [3.05, 3.63) is 25.3 Å². The first-order chi connectivity index (χ1) is 40.7. The number of aromatic nitrogens is 8. The number of rotatable bonds is 23. The van der Waals surface area contributed by atoms with Crippen molar-refractivity contribution in [3.63, 3.8) is 0 Å². The lowest BCUT2D eigenvalue weighted by Gasteiger charge is -2.29. The summed E-state index contributed by atoms with van der Waals surface area (Å²) in [6.07, 6.45) is -10.9. The number of anilines is 2. The number of imide groups is 1. The molecule has 0 aromatic carbocycles. The number of nitrogens with one attached hydrogen (secondary N) is 1. The van der Waals surface area contributed by atoms with E-state index in [1.807, 2.05) is 13.8 Å². The van der Waals surface area contributed by atoms with Gasteiger partial charge in [-0.1, -0.05) is 28.5 Å². The molecule has 3 unspecified atom stereocenters. The number of nitrogen functional groups attached to an aromatic ring is 1. The van der Waals surface area contributed by atoms with E-state index in [1.165, 1.54) is 43.4 Å². The Kier molecular flexibility index (Phi) is 22.6. The third-order valence-electron chi connectivity index (χ3n) is 13.7. The highest BCUT2D eigenvalue weighted by molar-refractivity contribution is 8.77. The number of carbonyl (C=O) groups excluding carboxylic acids is 6. The lowest BCUT2D eigenvalue weighted by Crippen LogP contribution is -2.38. The van der Waals surface area contributed by atoms with Gasteiger partial charge in [0.1, 0.15) is 43.6 Å². The number of fused-ring (bicyclic) bond motifs is 4. The number of hydrogen-bond donors (Lipinski definition) is 4. The Morgan fingerprint density at radius 2 is 1.47 bits per heavy atom. The molecule has 40 heteroatoms. The molecule has 11 atom stereocenters. The molecule has 4 fully saturated rings. The fraction of sp³-hybridized carbons (Fsp3) is 0.652. The van der Waals surface area contributed by atoms with Crippen molar-refractivity contribution in [3.8, 4) is 0 Å². The van der Waals surface area contributed by atoms with Crippen molar-refractivity contribution < 1.29 is 94.2 Å². The number of hydrogen-bond acceptors (Lipinski definition) is 27. The fourth-order valence-electron chi connectivity index (χ4n) is 8.85. The summed E-state index contributed by atoms with van der Waals surface area (Å²) in [5, 5.41) is 2.42. The molecule has 0 bridgehead atoms. The Morgan fingerprint density at radius 1 is 0.826 bits per heavy atom. The number of likely N-dealkylation sites (N-methyl/N-ethyl adjacent to an activating group) is 3. The van der Waals surface area contributed by atoms with E-state index >= 15 is 8.78 Å². The van der Waals surface area contributed by atoms with E-state index in [-0.39, 0.29) is 127 Å².